The predicted octanol–water partition coefficient (Wildman–Crippen LogP) is 6.03. The molecule has 0 spiro atoms. The number of carboxylic acid groups (broad SMARTS) is 1. The third-order valence-electron chi connectivity index (χ3n) is 5.62. The first-order valence-corrected chi connectivity index (χ1v) is 12.3. The normalized spacial score (nSPS) is 11.8. The van der Waals surface area contributed by atoms with Crippen LogP contribution in [0.2, 0.25) is 10.0 Å². The van der Waals surface area contributed by atoms with Crippen LogP contribution in [0, 0.1) is 0 Å². The maximum Gasteiger partial charge on any atom is 0.326 e. The lowest BCUT2D eigenvalue weighted by atomic mass is 9.98. The third-order valence-corrected chi connectivity index (χ3v) is 6.25. The van der Waals surface area contributed by atoms with Crippen molar-refractivity contribution in [3.63, 3.8) is 0 Å². The first-order valence-electron chi connectivity index (χ1n) is 11.6. The molecule has 3 aromatic carbocycles. The molecular weight excluding hydrogens is 517 g/mol. The van der Waals surface area contributed by atoms with Crippen LogP contribution in [0.25, 0.3) is 11.1 Å². The standard InChI is InChI=1S/C28H29Cl2NO6/c1-16(2)37-15-18-13-23(35-3)25(24(14-18)36-4)19-10-8-17(9-11-19)12-22(28(33)34)31-27(32)26-20(29)6-5-7-21(26)30/h5-11,13-14,16,22H,12,15H2,1-4H3,(H,31,32)(H,33,34)/t22-/m0/s1. The van der Waals surface area contributed by atoms with Gasteiger partial charge < -0.3 is 24.6 Å². The van der Waals surface area contributed by atoms with Gasteiger partial charge in [0.2, 0.25) is 0 Å². The highest BCUT2D eigenvalue weighted by Gasteiger charge is 2.24. The van der Waals surface area contributed by atoms with Crippen LogP contribution in [0.5, 0.6) is 11.5 Å². The Morgan fingerprint density at radius 1 is 0.919 bits per heavy atom. The molecule has 3 aromatic rings. The van der Waals surface area contributed by atoms with Crippen LogP contribution in [-0.4, -0.2) is 43.3 Å². The number of carbonyl (C=O) groups excluding carboxylic acids is 1. The van der Waals surface area contributed by atoms with Gasteiger partial charge in [-0.15, -0.1) is 0 Å². The second kappa shape index (κ2) is 12.8. The number of aliphatic carboxylic acids is 1. The first kappa shape index (κ1) is 28.3. The van der Waals surface area contributed by atoms with Crippen LogP contribution in [0.3, 0.4) is 0 Å². The van der Waals surface area contributed by atoms with Crippen LogP contribution in [0.4, 0.5) is 0 Å². The van der Waals surface area contributed by atoms with Crippen molar-refractivity contribution in [3.8, 4) is 22.6 Å². The van der Waals surface area contributed by atoms with E-state index in [1.807, 2.05) is 38.1 Å². The van der Waals surface area contributed by atoms with Gasteiger partial charge in [-0.3, -0.25) is 4.79 Å². The minimum absolute atomic E-state index is 0.0360. The second-order valence-electron chi connectivity index (χ2n) is 8.60. The minimum atomic E-state index is -1.19. The van der Waals surface area contributed by atoms with Gasteiger partial charge in [0, 0.05) is 6.42 Å². The van der Waals surface area contributed by atoms with Crippen LogP contribution in [-0.2, 0) is 22.6 Å². The zero-order valence-electron chi connectivity index (χ0n) is 21.0. The Morgan fingerprint density at radius 3 is 1.97 bits per heavy atom. The smallest absolute Gasteiger partial charge is 0.326 e. The van der Waals surface area contributed by atoms with Gasteiger partial charge in [0.15, 0.2) is 0 Å². The molecule has 9 heteroatoms. The van der Waals surface area contributed by atoms with E-state index in [9.17, 15) is 14.7 Å². The number of ether oxygens (including phenoxy) is 3. The topological polar surface area (TPSA) is 94.1 Å². The zero-order valence-corrected chi connectivity index (χ0v) is 22.5. The number of benzene rings is 3. The Balaban J connectivity index is 1.83. The quantitative estimate of drug-likeness (QED) is 0.305. The summed E-state index contributed by atoms with van der Waals surface area (Å²) in [4.78, 5) is 24.6. The average molecular weight is 546 g/mol. The maximum atomic E-state index is 12.7. The molecule has 2 N–H and O–H groups in total. The Hall–Kier alpha value is -3.26. The number of nitrogens with one attached hydrogen (secondary N) is 1. The summed E-state index contributed by atoms with van der Waals surface area (Å²) in [6.07, 6.45) is 0.147. The van der Waals surface area contributed by atoms with Gasteiger partial charge in [-0.25, -0.2) is 4.79 Å². The van der Waals surface area contributed by atoms with Gasteiger partial charge in [-0.2, -0.15) is 0 Å². The number of rotatable bonds is 11. The fourth-order valence-corrected chi connectivity index (χ4v) is 4.35. The molecule has 0 aromatic heterocycles. The molecule has 0 unspecified atom stereocenters. The fraction of sp³-hybridized carbons (Fsp3) is 0.286. The van der Waals surface area contributed by atoms with E-state index in [-0.39, 0.29) is 28.1 Å². The Kier molecular flexibility index (Phi) is 9.80. The van der Waals surface area contributed by atoms with E-state index in [1.165, 1.54) is 12.1 Å². The molecule has 0 saturated heterocycles. The molecule has 37 heavy (non-hydrogen) atoms. The number of amides is 1. The van der Waals surface area contributed by atoms with Gasteiger partial charge in [0.1, 0.15) is 17.5 Å². The zero-order chi connectivity index (χ0) is 27.1. The van der Waals surface area contributed by atoms with Crippen molar-refractivity contribution >= 4 is 35.1 Å². The average Bonchev–Trinajstić information content (AvgIpc) is 2.86. The number of hydrogen-bond acceptors (Lipinski definition) is 5. The molecule has 0 fully saturated rings. The SMILES string of the molecule is COc1cc(COC(C)C)cc(OC)c1-c1ccc(C[C@H](NC(=O)c2c(Cl)cccc2Cl)C(=O)O)cc1. The summed E-state index contributed by atoms with van der Waals surface area (Å²) in [6, 6.07) is 14.6. The molecule has 7 nitrogen and oxygen atoms in total. The van der Waals surface area contributed by atoms with Crippen LogP contribution in [0.1, 0.15) is 35.3 Å². The van der Waals surface area contributed by atoms with Crippen molar-refractivity contribution in [2.75, 3.05) is 14.2 Å². The van der Waals surface area contributed by atoms with Gasteiger partial charge in [-0.05, 0) is 54.8 Å². The van der Waals surface area contributed by atoms with Crippen LogP contribution < -0.4 is 14.8 Å². The Bertz CT molecular complexity index is 1210. The molecule has 196 valence electrons. The largest absolute Gasteiger partial charge is 0.496 e. The van der Waals surface area contributed by atoms with Crippen molar-refractivity contribution in [2.45, 2.75) is 39.0 Å². The number of methoxy groups -OCH3 is 2. The van der Waals surface area contributed by atoms with E-state index in [2.05, 4.69) is 5.32 Å². The molecular formula is C28H29Cl2NO6. The van der Waals surface area contributed by atoms with Crippen molar-refractivity contribution < 1.29 is 28.9 Å². The molecule has 3 rings (SSSR count). The van der Waals surface area contributed by atoms with E-state index in [0.717, 1.165) is 16.7 Å². The van der Waals surface area contributed by atoms with Crippen molar-refractivity contribution in [1.82, 2.24) is 5.32 Å². The summed E-state index contributed by atoms with van der Waals surface area (Å²) in [5, 5.41) is 12.5. The molecule has 1 amide bonds. The predicted molar refractivity (Wildman–Crippen MR) is 144 cm³/mol. The van der Waals surface area contributed by atoms with Crippen molar-refractivity contribution in [3.05, 3.63) is 81.3 Å². The van der Waals surface area contributed by atoms with Crippen LogP contribution >= 0.6 is 23.2 Å². The second-order valence-corrected chi connectivity index (χ2v) is 9.41. The molecule has 0 aliphatic rings. The van der Waals surface area contributed by atoms with Crippen molar-refractivity contribution in [1.29, 1.82) is 0 Å². The lowest BCUT2D eigenvalue weighted by molar-refractivity contribution is -0.139. The number of carbonyl (C=O) groups is 2. The molecule has 0 heterocycles. The van der Waals surface area contributed by atoms with E-state index in [0.29, 0.717) is 23.7 Å². The van der Waals surface area contributed by atoms with Gasteiger partial charge in [-0.1, -0.05) is 53.5 Å². The van der Waals surface area contributed by atoms with E-state index in [1.54, 1.807) is 32.4 Å². The van der Waals surface area contributed by atoms with E-state index in [4.69, 9.17) is 37.4 Å². The Labute approximate surface area is 226 Å². The Morgan fingerprint density at radius 2 is 1.49 bits per heavy atom. The summed E-state index contributed by atoms with van der Waals surface area (Å²) in [6.45, 7) is 4.36. The molecule has 0 aliphatic heterocycles. The minimum Gasteiger partial charge on any atom is -0.496 e. The van der Waals surface area contributed by atoms with Gasteiger partial charge in [0.05, 0.1) is 48.1 Å². The fourth-order valence-electron chi connectivity index (χ4n) is 3.79. The van der Waals surface area contributed by atoms with Gasteiger partial charge >= 0.3 is 5.97 Å². The first-order chi connectivity index (χ1) is 17.6. The molecule has 0 aliphatic carbocycles. The summed E-state index contributed by atoms with van der Waals surface area (Å²) in [5.41, 5.74) is 3.26. The summed E-state index contributed by atoms with van der Waals surface area (Å²) in [7, 11) is 3.18. The summed E-state index contributed by atoms with van der Waals surface area (Å²) < 4.78 is 17.0. The highest BCUT2D eigenvalue weighted by Crippen LogP contribution is 2.40. The number of hydrogen-bond donors (Lipinski definition) is 2. The highest BCUT2D eigenvalue weighted by molar-refractivity contribution is 6.39. The monoisotopic (exact) mass is 545 g/mol. The molecule has 0 bridgehead atoms. The van der Waals surface area contributed by atoms with Gasteiger partial charge in [0.25, 0.3) is 5.91 Å². The molecule has 0 radical (unpaired) electrons. The summed E-state index contributed by atoms with van der Waals surface area (Å²) >= 11 is 12.2. The van der Waals surface area contributed by atoms with E-state index >= 15 is 0 Å². The molecule has 1 atom stereocenters. The lowest BCUT2D eigenvalue weighted by Gasteiger charge is -2.18. The van der Waals surface area contributed by atoms with E-state index < -0.39 is 17.9 Å². The number of halogens is 2. The third kappa shape index (κ3) is 7.16. The number of carboxylic acids is 1. The van der Waals surface area contributed by atoms with Crippen molar-refractivity contribution in [2.24, 2.45) is 0 Å². The highest BCUT2D eigenvalue weighted by atomic mass is 35.5. The summed E-state index contributed by atoms with van der Waals surface area (Å²) in [5.74, 6) is -0.581. The lowest BCUT2D eigenvalue weighted by Crippen LogP contribution is -2.42. The van der Waals surface area contributed by atoms with Crippen LogP contribution in [0.15, 0.2) is 54.6 Å². The maximum absolute atomic E-state index is 12.7. The molecule has 0 saturated carbocycles.